The molecule has 0 fully saturated rings. The van der Waals surface area contributed by atoms with Gasteiger partial charge in [0, 0.05) is 11.5 Å². The van der Waals surface area contributed by atoms with Crippen molar-refractivity contribution in [2.45, 2.75) is 10.3 Å². The lowest BCUT2D eigenvalue weighted by Gasteiger charge is -2.44. The van der Waals surface area contributed by atoms with Gasteiger partial charge in [-0.25, -0.2) is 9.18 Å². The van der Waals surface area contributed by atoms with E-state index in [1.54, 1.807) is 18.3 Å². The van der Waals surface area contributed by atoms with E-state index >= 15 is 0 Å². The molecule has 2 N–H and O–H groups in total. The van der Waals surface area contributed by atoms with Crippen molar-refractivity contribution in [2.75, 3.05) is 0 Å². The van der Waals surface area contributed by atoms with E-state index in [9.17, 15) is 9.18 Å². The quantitative estimate of drug-likeness (QED) is 0.228. The first-order valence-electron chi connectivity index (χ1n) is 12.0. The fraction of sp³-hybridized carbons (Fsp3) is 0.0769. The van der Waals surface area contributed by atoms with Crippen LogP contribution in [0.3, 0.4) is 0 Å². The van der Waals surface area contributed by atoms with Crippen molar-refractivity contribution in [3.8, 4) is 0 Å². The highest BCUT2D eigenvalue weighted by atomic mass is 35.5. The van der Waals surface area contributed by atoms with E-state index in [2.05, 4.69) is 55.5 Å². The van der Waals surface area contributed by atoms with Crippen LogP contribution >= 0.6 is 11.6 Å². The molecule has 0 aliphatic rings. The number of nitrogens with zero attached hydrogens (tertiary/aromatic N) is 1. The molecule has 0 bridgehead atoms. The fourth-order valence-electron chi connectivity index (χ4n) is 4.33. The minimum atomic E-state index is -1.00. The number of nitrogens with one attached hydrogen (secondary N) is 1. The molecular formula is C26H25B5ClFN2O2. The molecule has 0 radical (unpaired) electrons. The molecule has 0 saturated heterocycles. The van der Waals surface area contributed by atoms with E-state index in [0.29, 0.717) is 5.02 Å². The summed E-state index contributed by atoms with van der Waals surface area (Å²) in [6, 6.07) is 18.4. The lowest BCUT2D eigenvalue weighted by atomic mass is 9.21. The maximum Gasteiger partial charge on any atom is 0.328 e. The number of hydrogen-bond acceptors (Lipinski definition) is 2. The number of carbonyl (C=O) groups is 1. The average Bonchev–Trinajstić information content (AvgIpc) is 3.29. The second-order valence-corrected chi connectivity index (χ2v) is 11.1. The highest BCUT2D eigenvalue weighted by Crippen LogP contribution is 2.54. The first kappa shape index (κ1) is 26.7. The Bertz CT molecular complexity index is 1540. The number of aromatic amines is 1. The van der Waals surface area contributed by atoms with E-state index in [1.807, 2.05) is 36.4 Å². The summed E-state index contributed by atoms with van der Waals surface area (Å²) in [6.45, 7) is 0. The van der Waals surface area contributed by atoms with Gasteiger partial charge < -0.3 is 5.11 Å². The molecule has 4 aromatic rings. The molecule has 4 nitrogen and oxygen atoms in total. The molecule has 37 heavy (non-hydrogen) atoms. The summed E-state index contributed by atoms with van der Waals surface area (Å²) in [5, 5.41) is 16.9. The zero-order valence-corrected chi connectivity index (χ0v) is 22.3. The van der Waals surface area contributed by atoms with Crippen LogP contribution in [-0.2, 0) is 4.79 Å². The predicted molar refractivity (Wildman–Crippen MR) is 165 cm³/mol. The lowest BCUT2D eigenvalue weighted by Crippen LogP contribution is -2.34. The van der Waals surface area contributed by atoms with Crippen LogP contribution in [0.1, 0.15) is 22.3 Å². The average molecular weight is 506 g/mol. The molecule has 0 aliphatic heterocycles. The smallest absolute Gasteiger partial charge is 0.328 e. The van der Waals surface area contributed by atoms with Crippen LogP contribution in [0.4, 0.5) is 4.39 Å². The number of allylic oxidation sites excluding steroid dienone is 1. The summed E-state index contributed by atoms with van der Waals surface area (Å²) in [5.41, 5.74) is 6.31. The third-order valence-corrected chi connectivity index (χ3v) is 7.61. The van der Waals surface area contributed by atoms with Crippen molar-refractivity contribution in [1.29, 1.82) is 0 Å². The number of carboxylic acid groups (broad SMARTS) is 1. The van der Waals surface area contributed by atoms with Gasteiger partial charge in [-0.05, 0) is 63.7 Å². The van der Waals surface area contributed by atoms with Crippen molar-refractivity contribution >= 4 is 84.9 Å². The lowest BCUT2D eigenvalue weighted by molar-refractivity contribution is -0.131. The number of aromatic nitrogens is 2. The Morgan fingerprint density at radius 1 is 0.973 bits per heavy atom. The van der Waals surface area contributed by atoms with Gasteiger partial charge in [0.2, 0.25) is 0 Å². The standard InChI is InChI=1S/C26H25B5ClFN2O2/c27-25(28,26(29,30)31)24(19-8-7-18(33)12-20(19)32)23(16-6-9-21-17(11-16)13-34-35-21)15-4-1-14(2-5-15)3-10-22(36)37/h1-13H,27-31H2,(H,34,35)(H,36,37)/b10-3+,24-23-. The van der Waals surface area contributed by atoms with Crippen molar-refractivity contribution in [1.82, 2.24) is 10.2 Å². The fourth-order valence-corrected chi connectivity index (χ4v) is 4.59. The Labute approximate surface area is 225 Å². The summed E-state index contributed by atoms with van der Waals surface area (Å²) in [4.78, 5) is 11.0. The number of halogens is 2. The van der Waals surface area contributed by atoms with Gasteiger partial charge in [-0.1, -0.05) is 53.2 Å². The van der Waals surface area contributed by atoms with Crippen LogP contribution in [0.5, 0.6) is 0 Å². The summed E-state index contributed by atoms with van der Waals surface area (Å²) in [5.74, 6) is -1.39. The second kappa shape index (κ2) is 10.2. The van der Waals surface area contributed by atoms with Crippen LogP contribution in [-0.4, -0.2) is 60.5 Å². The summed E-state index contributed by atoms with van der Waals surface area (Å²) in [6.07, 6.45) is 4.46. The van der Waals surface area contributed by atoms with Crippen molar-refractivity contribution < 1.29 is 14.3 Å². The Morgan fingerprint density at radius 3 is 2.27 bits per heavy atom. The third-order valence-electron chi connectivity index (χ3n) is 7.30. The van der Waals surface area contributed by atoms with Gasteiger partial charge in [0.15, 0.2) is 0 Å². The van der Waals surface area contributed by atoms with E-state index in [4.69, 9.17) is 16.7 Å². The van der Waals surface area contributed by atoms with E-state index < -0.39 is 17.0 Å². The molecule has 0 amide bonds. The summed E-state index contributed by atoms with van der Waals surface area (Å²) in [7, 11) is 10.9. The van der Waals surface area contributed by atoms with Crippen molar-refractivity contribution in [3.63, 3.8) is 0 Å². The van der Waals surface area contributed by atoms with Gasteiger partial charge in [0.25, 0.3) is 0 Å². The molecule has 0 spiro atoms. The second-order valence-electron chi connectivity index (χ2n) is 10.7. The van der Waals surface area contributed by atoms with Gasteiger partial charge in [0.1, 0.15) is 21.5 Å². The SMILES string of the molecule is BC(B)(B)C(B)(B)/C(=C(/c1ccc(/C=C/C(=O)O)cc1)c1ccc2[nH]ncc2c1)c1ccc(F)cc1Cl. The number of H-pyrrole nitrogens is 1. The Kier molecular flexibility index (Phi) is 7.34. The van der Waals surface area contributed by atoms with Crippen LogP contribution < -0.4 is 0 Å². The minimum absolute atomic E-state index is 0.185. The monoisotopic (exact) mass is 506 g/mol. The maximum absolute atomic E-state index is 14.1. The van der Waals surface area contributed by atoms with E-state index in [1.165, 1.54) is 12.1 Å². The van der Waals surface area contributed by atoms with Gasteiger partial charge in [0.05, 0.1) is 40.3 Å². The zero-order valence-electron chi connectivity index (χ0n) is 21.6. The van der Waals surface area contributed by atoms with Gasteiger partial charge in [-0.2, -0.15) is 5.10 Å². The first-order chi connectivity index (χ1) is 17.4. The number of fused-ring (bicyclic) bond motifs is 1. The molecule has 180 valence electrons. The number of rotatable bonds is 7. The molecular weight excluding hydrogens is 481 g/mol. The molecule has 1 heterocycles. The normalized spacial score (nSPS) is 13.1. The molecule has 0 atom stereocenters. The summed E-state index contributed by atoms with van der Waals surface area (Å²) < 4.78 is 14.1. The van der Waals surface area contributed by atoms with Crippen molar-refractivity contribution in [2.24, 2.45) is 0 Å². The molecule has 1 aromatic heterocycles. The minimum Gasteiger partial charge on any atom is -0.478 e. The number of aliphatic carboxylic acids is 1. The molecule has 3 aromatic carbocycles. The van der Waals surface area contributed by atoms with Crippen LogP contribution in [0.15, 0.2) is 72.9 Å². The number of benzene rings is 3. The highest BCUT2D eigenvalue weighted by Gasteiger charge is 2.39. The van der Waals surface area contributed by atoms with E-state index in [-0.39, 0.29) is 5.11 Å². The van der Waals surface area contributed by atoms with Crippen LogP contribution in [0, 0.1) is 5.82 Å². The molecule has 11 heteroatoms. The molecule has 0 aliphatic carbocycles. The maximum atomic E-state index is 14.1. The predicted octanol–water partition coefficient (Wildman–Crippen LogP) is 1.77. The first-order valence-corrected chi connectivity index (χ1v) is 12.4. The molecule has 0 unspecified atom stereocenters. The molecule has 4 rings (SSSR count). The van der Waals surface area contributed by atoms with Gasteiger partial charge in [-0.15, -0.1) is 5.11 Å². The van der Waals surface area contributed by atoms with Crippen molar-refractivity contribution in [3.05, 3.63) is 106 Å². The topological polar surface area (TPSA) is 66.0 Å². The third kappa shape index (κ3) is 5.49. The zero-order chi connectivity index (χ0) is 27.0. The van der Waals surface area contributed by atoms with Crippen LogP contribution in [0.25, 0.3) is 28.1 Å². The Hall–Kier alpha value is -3.38. The van der Waals surface area contributed by atoms with E-state index in [0.717, 1.165) is 50.4 Å². The number of hydrogen-bond donors (Lipinski definition) is 2. The van der Waals surface area contributed by atoms with Gasteiger partial charge >= 0.3 is 5.97 Å². The van der Waals surface area contributed by atoms with Gasteiger partial charge in [-0.3, -0.25) is 5.10 Å². The Morgan fingerprint density at radius 2 is 1.65 bits per heavy atom. The van der Waals surface area contributed by atoms with Crippen LogP contribution in [0.2, 0.25) is 15.3 Å². The molecule has 0 saturated carbocycles. The Balaban J connectivity index is 2.10. The number of carboxylic acids is 1. The largest absolute Gasteiger partial charge is 0.478 e. The highest BCUT2D eigenvalue weighted by molar-refractivity contribution is 6.70. The summed E-state index contributed by atoms with van der Waals surface area (Å²) >= 11 is 6.72.